The van der Waals surface area contributed by atoms with Gasteiger partial charge in [-0.05, 0) is 43.4 Å². The molecule has 80 valence electrons. The largest absolute Gasteiger partial charge is 0.389 e. The predicted molar refractivity (Wildman–Crippen MR) is 63.1 cm³/mol. The standard InChI is InChI=1S/C13H15ClO/c14-12-6-4-10(5-7-12)8-11-2-1-3-13(15)9-11/h4-7,9,13,15H,1-3,8H2. The third-order valence-corrected chi connectivity index (χ3v) is 3.02. The molecule has 1 unspecified atom stereocenters. The lowest BCUT2D eigenvalue weighted by molar-refractivity contribution is 0.202. The molecule has 0 amide bonds. The van der Waals surface area contributed by atoms with Crippen LogP contribution in [-0.4, -0.2) is 11.2 Å². The van der Waals surface area contributed by atoms with Crippen molar-refractivity contribution in [2.75, 3.05) is 0 Å². The molecule has 0 heterocycles. The lowest BCUT2D eigenvalue weighted by Crippen LogP contribution is -2.10. The molecule has 0 radical (unpaired) electrons. The van der Waals surface area contributed by atoms with E-state index in [4.69, 9.17) is 11.6 Å². The molecule has 0 saturated heterocycles. The maximum Gasteiger partial charge on any atom is 0.0723 e. The molecule has 1 nitrogen and oxygen atoms in total. The molecule has 0 aromatic heterocycles. The summed E-state index contributed by atoms with van der Waals surface area (Å²) in [4.78, 5) is 0. The summed E-state index contributed by atoms with van der Waals surface area (Å²) in [6.07, 6.45) is 5.82. The second-order valence-corrected chi connectivity index (χ2v) is 4.52. The van der Waals surface area contributed by atoms with E-state index in [-0.39, 0.29) is 6.10 Å². The number of hydrogen-bond donors (Lipinski definition) is 1. The monoisotopic (exact) mass is 222 g/mol. The molecule has 1 atom stereocenters. The zero-order valence-corrected chi connectivity index (χ0v) is 9.37. The van der Waals surface area contributed by atoms with Gasteiger partial charge in [0, 0.05) is 5.02 Å². The Labute approximate surface area is 95.4 Å². The van der Waals surface area contributed by atoms with Crippen LogP contribution in [0.4, 0.5) is 0 Å². The molecule has 1 aliphatic carbocycles. The van der Waals surface area contributed by atoms with Crippen molar-refractivity contribution in [1.82, 2.24) is 0 Å². The van der Waals surface area contributed by atoms with E-state index in [1.54, 1.807) is 0 Å². The Morgan fingerprint density at radius 2 is 2.00 bits per heavy atom. The summed E-state index contributed by atoms with van der Waals surface area (Å²) in [7, 11) is 0. The Kier molecular flexibility index (Phi) is 3.45. The van der Waals surface area contributed by atoms with Crippen molar-refractivity contribution in [3.63, 3.8) is 0 Å². The van der Waals surface area contributed by atoms with E-state index < -0.39 is 0 Å². The lowest BCUT2D eigenvalue weighted by Gasteiger charge is -2.17. The second-order valence-electron chi connectivity index (χ2n) is 4.09. The minimum absolute atomic E-state index is 0.235. The van der Waals surface area contributed by atoms with Crippen LogP contribution in [0.25, 0.3) is 0 Å². The Balaban J connectivity index is 2.05. The number of aliphatic hydroxyl groups excluding tert-OH is 1. The number of halogens is 1. The highest BCUT2D eigenvalue weighted by Crippen LogP contribution is 2.22. The summed E-state index contributed by atoms with van der Waals surface area (Å²) < 4.78 is 0. The summed E-state index contributed by atoms with van der Waals surface area (Å²) in [6.45, 7) is 0. The third kappa shape index (κ3) is 3.08. The Morgan fingerprint density at radius 3 is 2.67 bits per heavy atom. The van der Waals surface area contributed by atoms with Crippen molar-refractivity contribution < 1.29 is 5.11 Å². The zero-order chi connectivity index (χ0) is 10.7. The fraction of sp³-hybridized carbons (Fsp3) is 0.385. The number of hydrogen-bond acceptors (Lipinski definition) is 1. The zero-order valence-electron chi connectivity index (χ0n) is 8.62. The van der Waals surface area contributed by atoms with Gasteiger partial charge in [0.05, 0.1) is 6.10 Å². The first-order chi connectivity index (χ1) is 7.24. The minimum atomic E-state index is -0.235. The number of benzene rings is 1. The molecule has 1 N–H and O–H groups in total. The summed E-state index contributed by atoms with van der Waals surface area (Å²) in [5.41, 5.74) is 2.61. The maximum atomic E-state index is 9.50. The fourth-order valence-corrected chi connectivity index (χ4v) is 2.11. The SMILES string of the molecule is OC1C=C(Cc2ccc(Cl)cc2)CCC1. The molecule has 0 fully saturated rings. The third-order valence-electron chi connectivity index (χ3n) is 2.77. The van der Waals surface area contributed by atoms with E-state index in [1.807, 2.05) is 30.3 Å². The molecule has 0 spiro atoms. The molecule has 1 aromatic rings. The van der Waals surface area contributed by atoms with Gasteiger partial charge in [0.15, 0.2) is 0 Å². The normalized spacial score (nSPS) is 21.2. The molecular weight excluding hydrogens is 208 g/mol. The van der Waals surface area contributed by atoms with E-state index in [0.29, 0.717) is 0 Å². The van der Waals surface area contributed by atoms with Crippen LogP contribution in [-0.2, 0) is 6.42 Å². The average molecular weight is 223 g/mol. The molecule has 1 aromatic carbocycles. The van der Waals surface area contributed by atoms with E-state index in [9.17, 15) is 5.11 Å². The van der Waals surface area contributed by atoms with Crippen molar-refractivity contribution in [2.45, 2.75) is 31.8 Å². The van der Waals surface area contributed by atoms with Gasteiger partial charge in [-0.25, -0.2) is 0 Å². The highest BCUT2D eigenvalue weighted by atomic mass is 35.5. The number of rotatable bonds is 2. The van der Waals surface area contributed by atoms with Gasteiger partial charge in [-0.2, -0.15) is 0 Å². The Bertz CT molecular complexity index is 353. The van der Waals surface area contributed by atoms with Gasteiger partial charge in [-0.1, -0.05) is 35.4 Å². The summed E-state index contributed by atoms with van der Waals surface area (Å²) in [5, 5.41) is 10.3. The van der Waals surface area contributed by atoms with Crippen LogP contribution in [0.2, 0.25) is 5.02 Å². The lowest BCUT2D eigenvalue weighted by atomic mass is 9.93. The smallest absolute Gasteiger partial charge is 0.0723 e. The highest BCUT2D eigenvalue weighted by molar-refractivity contribution is 6.30. The highest BCUT2D eigenvalue weighted by Gasteiger charge is 2.10. The van der Waals surface area contributed by atoms with Gasteiger partial charge >= 0.3 is 0 Å². The van der Waals surface area contributed by atoms with E-state index in [2.05, 4.69) is 0 Å². The molecule has 0 saturated carbocycles. The Hall–Kier alpha value is -0.790. The average Bonchev–Trinajstić information content (AvgIpc) is 2.22. The number of aliphatic hydroxyl groups is 1. The van der Waals surface area contributed by atoms with E-state index in [1.165, 1.54) is 11.1 Å². The van der Waals surface area contributed by atoms with Crippen LogP contribution < -0.4 is 0 Å². The minimum Gasteiger partial charge on any atom is -0.389 e. The van der Waals surface area contributed by atoms with Crippen LogP contribution in [0.5, 0.6) is 0 Å². The molecule has 0 aliphatic heterocycles. The quantitative estimate of drug-likeness (QED) is 0.761. The van der Waals surface area contributed by atoms with Crippen molar-refractivity contribution in [3.05, 3.63) is 46.5 Å². The first-order valence-corrected chi connectivity index (χ1v) is 5.74. The predicted octanol–water partition coefficient (Wildman–Crippen LogP) is 3.35. The first kappa shape index (κ1) is 10.7. The van der Waals surface area contributed by atoms with Gasteiger partial charge < -0.3 is 5.11 Å². The Morgan fingerprint density at radius 1 is 1.27 bits per heavy atom. The molecule has 15 heavy (non-hydrogen) atoms. The summed E-state index contributed by atoms with van der Waals surface area (Å²) in [6, 6.07) is 7.92. The van der Waals surface area contributed by atoms with Crippen molar-refractivity contribution in [3.8, 4) is 0 Å². The van der Waals surface area contributed by atoms with Gasteiger partial charge in [0.25, 0.3) is 0 Å². The molecule has 1 aliphatic rings. The van der Waals surface area contributed by atoms with E-state index in [0.717, 1.165) is 30.7 Å². The second kappa shape index (κ2) is 4.82. The fourth-order valence-electron chi connectivity index (χ4n) is 1.99. The maximum absolute atomic E-state index is 9.50. The topological polar surface area (TPSA) is 20.2 Å². The molecular formula is C13H15ClO. The molecule has 0 bridgehead atoms. The van der Waals surface area contributed by atoms with E-state index >= 15 is 0 Å². The van der Waals surface area contributed by atoms with Crippen LogP contribution in [0, 0.1) is 0 Å². The summed E-state index contributed by atoms with van der Waals surface area (Å²) >= 11 is 5.82. The van der Waals surface area contributed by atoms with Gasteiger partial charge in [0.1, 0.15) is 0 Å². The van der Waals surface area contributed by atoms with Crippen molar-refractivity contribution in [1.29, 1.82) is 0 Å². The molecule has 2 heteroatoms. The van der Waals surface area contributed by atoms with Gasteiger partial charge in [-0.3, -0.25) is 0 Å². The van der Waals surface area contributed by atoms with Gasteiger partial charge in [0.2, 0.25) is 0 Å². The van der Waals surface area contributed by atoms with Crippen LogP contribution >= 0.6 is 11.6 Å². The van der Waals surface area contributed by atoms with Crippen molar-refractivity contribution >= 4 is 11.6 Å². The van der Waals surface area contributed by atoms with Gasteiger partial charge in [-0.15, -0.1) is 0 Å². The van der Waals surface area contributed by atoms with Crippen molar-refractivity contribution in [2.24, 2.45) is 0 Å². The van der Waals surface area contributed by atoms with Crippen LogP contribution in [0.3, 0.4) is 0 Å². The van der Waals surface area contributed by atoms with Crippen LogP contribution in [0.15, 0.2) is 35.9 Å². The number of allylic oxidation sites excluding steroid dienone is 1. The first-order valence-electron chi connectivity index (χ1n) is 5.36. The summed E-state index contributed by atoms with van der Waals surface area (Å²) in [5.74, 6) is 0. The molecule has 2 rings (SSSR count). The van der Waals surface area contributed by atoms with Crippen LogP contribution in [0.1, 0.15) is 24.8 Å².